The van der Waals surface area contributed by atoms with Crippen LogP contribution in [0.3, 0.4) is 0 Å². The Morgan fingerprint density at radius 3 is 2.56 bits per heavy atom. The molecule has 0 amide bonds. The summed E-state index contributed by atoms with van der Waals surface area (Å²) in [6.45, 7) is 1.81. The molecule has 0 aromatic heterocycles. The highest BCUT2D eigenvalue weighted by atomic mass is 32.2. The molecule has 94 valence electrons. The minimum absolute atomic E-state index is 0.132. The molecule has 6 heteroatoms. The number of sulfone groups is 1. The monoisotopic (exact) mass is 248 g/mol. The average molecular weight is 248 g/mol. The molecule has 2 aliphatic rings. The van der Waals surface area contributed by atoms with Gasteiger partial charge in [0.2, 0.25) is 0 Å². The van der Waals surface area contributed by atoms with Crippen LogP contribution in [0.15, 0.2) is 0 Å². The Balaban J connectivity index is 2.24. The fourth-order valence-electron chi connectivity index (χ4n) is 3.21. The summed E-state index contributed by atoms with van der Waals surface area (Å²) in [5.41, 5.74) is 11.5. The van der Waals surface area contributed by atoms with E-state index < -0.39 is 32.5 Å². The SMILES string of the molecule is C[C@@H](N)C[C@H]1CC2[C@H](O)C[C@@H](N)[C@@H]2S1(=O)=O. The lowest BCUT2D eigenvalue weighted by Crippen LogP contribution is -2.38. The Morgan fingerprint density at radius 1 is 1.44 bits per heavy atom. The van der Waals surface area contributed by atoms with Gasteiger partial charge in [-0.3, -0.25) is 0 Å². The molecule has 5 nitrogen and oxygen atoms in total. The van der Waals surface area contributed by atoms with E-state index >= 15 is 0 Å². The molecule has 5 N–H and O–H groups in total. The van der Waals surface area contributed by atoms with E-state index in [1.807, 2.05) is 0 Å². The van der Waals surface area contributed by atoms with Crippen LogP contribution < -0.4 is 11.5 Å². The first-order valence-electron chi connectivity index (χ1n) is 5.76. The highest BCUT2D eigenvalue weighted by molar-refractivity contribution is 7.93. The van der Waals surface area contributed by atoms with E-state index in [0.29, 0.717) is 19.3 Å². The van der Waals surface area contributed by atoms with Crippen LogP contribution in [0.2, 0.25) is 0 Å². The summed E-state index contributed by atoms with van der Waals surface area (Å²) in [7, 11) is -3.21. The van der Waals surface area contributed by atoms with Gasteiger partial charge >= 0.3 is 0 Å². The number of nitrogens with two attached hydrogens (primary N) is 2. The van der Waals surface area contributed by atoms with Crippen molar-refractivity contribution in [3.63, 3.8) is 0 Å². The molecular formula is C10H20N2O3S. The average Bonchev–Trinajstić information content (AvgIpc) is 2.52. The van der Waals surface area contributed by atoms with Crippen molar-refractivity contribution in [2.75, 3.05) is 0 Å². The predicted molar refractivity (Wildman–Crippen MR) is 61.5 cm³/mol. The van der Waals surface area contributed by atoms with Crippen molar-refractivity contribution in [2.24, 2.45) is 17.4 Å². The lowest BCUT2D eigenvalue weighted by Gasteiger charge is -2.17. The van der Waals surface area contributed by atoms with Gasteiger partial charge in [0, 0.05) is 18.0 Å². The fraction of sp³-hybridized carbons (Fsp3) is 1.00. The minimum Gasteiger partial charge on any atom is -0.393 e. The van der Waals surface area contributed by atoms with Crippen LogP contribution in [0.5, 0.6) is 0 Å². The lowest BCUT2D eigenvalue weighted by molar-refractivity contribution is 0.131. The van der Waals surface area contributed by atoms with Crippen molar-refractivity contribution < 1.29 is 13.5 Å². The van der Waals surface area contributed by atoms with Gasteiger partial charge in [0.05, 0.1) is 16.6 Å². The molecule has 1 aliphatic carbocycles. The maximum atomic E-state index is 12.2. The molecule has 0 radical (unpaired) electrons. The second kappa shape index (κ2) is 3.94. The number of hydrogen-bond acceptors (Lipinski definition) is 5. The van der Waals surface area contributed by atoms with Crippen LogP contribution in [-0.2, 0) is 9.84 Å². The Bertz CT molecular complexity index is 368. The minimum atomic E-state index is -3.21. The first kappa shape index (κ1) is 12.3. The highest BCUT2D eigenvalue weighted by Crippen LogP contribution is 2.44. The van der Waals surface area contributed by atoms with Gasteiger partial charge in [0.1, 0.15) is 0 Å². The van der Waals surface area contributed by atoms with Crippen LogP contribution in [0.4, 0.5) is 0 Å². The van der Waals surface area contributed by atoms with Gasteiger partial charge in [0.15, 0.2) is 9.84 Å². The van der Waals surface area contributed by atoms with E-state index in [1.165, 1.54) is 0 Å². The number of hydrogen-bond donors (Lipinski definition) is 3. The van der Waals surface area contributed by atoms with Crippen LogP contribution in [0.1, 0.15) is 26.2 Å². The molecular weight excluding hydrogens is 228 g/mol. The molecule has 1 saturated carbocycles. The zero-order valence-electron chi connectivity index (χ0n) is 9.41. The molecule has 0 bridgehead atoms. The Labute approximate surface area is 96.1 Å². The maximum Gasteiger partial charge on any atom is 0.157 e. The van der Waals surface area contributed by atoms with Crippen molar-refractivity contribution in [2.45, 2.75) is 54.9 Å². The number of aliphatic hydroxyl groups is 1. The normalized spacial score (nSPS) is 47.9. The largest absolute Gasteiger partial charge is 0.393 e. The van der Waals surface area contributed by atoms with Gasteiger partial charge in [-0.05, 0) is 26.2 Å². The molecule has 6 atom stereocenters. The molecule has 16 heavy (non-hydrogen) atoms. The summed E-state index contributed by atoms with van der Waals surface area (Å²) in [5, 5.41) is 8.82. The fourth-order valence-corrected chi connectivity index (χ4v) is 6.09. The number of fused-ring (bicyclic) bond motifs is 1. The topological polar surface area (TPSA) is 106 Å². The Morgan fingerprint density at radius 2 is 2.06 bits per heavy atom. The zero-order chi connectivity index (χ0) is 12.1. The summed E-state index contributed by atoms with van der Waals surface area (Å²) in [4.78, 5) is 0. The third-order valence-electron chi connectivity index (χ3n) is 3.87. The van der Waals surface area contributed by atoms with Crippen LogP contribution in [-0.4, -0.2) is 42.2 Å². The molecule has 1 heterocycles. The molecule has 1 unspecified atom stereocenters. The molecule has 0 aromatic rings. The van der Waals surface area contributed by atoms with Gasteiger partial charge in [-0.1, -0.05) is 0 Å². The van der Waals surface area contributed by atoms with Gasteiger partial charge < -0.3 is 16.6 Å². The highest BCUT2D eigenvalue weighted by Gasteiger charge is 2.56. The van der Waals surface area contributed by atoms with E-state index in [9.17, 15) is 13.5 Å². The number of aliphatic hydroxyl groups excluding tert-OH is 1. The van der Waals surface area contributed by atoms with Crippen LogP contribution >= 0.6 is 0 Å². The van der Waals surface area contributed by atoms with Gasteiger partial charge in [0.25, 0.3) is 0 Å². The summed E-state index contributed by atoms with van der Waals surface area (Å²) < 4.78 is 24.4. The standard InChI is InChI=1S/C10H20N2O3S/c1-5(11)2-6-3-7-9(13)4-8(12)10(7)16(6,14)15/h5-10,13H,2-4,11-12H2,1H3/t5-,6+,7?,8-,9-,10-/m1/s1. The number of rotatable bonds is 2. The van der Waals surface area contributed by atoms with Gasteiger partial charge in [-0.25, -0.2) is 8.42 Å². The Hall–Kier alpha value is -0.170. The zero-order valence-corrected chi connectivity index (χ0v) is 10.2. The quantitative estimate of drug-likeness (QED) is 0.580. The third-order valence-corrected chi connectivity index (χ3v) is 6.64. The van der Waals surface area contributed by atoms with Gasteiger partial charge in [-0.15, -0.1) is 0 Å². The van der Waals surface area contributed by atoms with Crippen LogP contribution in [0.25, 0.3) is 0 Å². The summed E-state index contributed by atoms with van der Waals surface area (Å²) in [6.07, 6.45) is 0.824. The summed E-state index contributed by atoms with van der Waals surface area (Å²) in [5.74, 6) is -0.177. The van der Waals surface area contributed by atoms with Crippen molar-refractivity contribution in [3.05, 3.63) is 0 Å². The van der Waals surface area contributed by atoms with Crippen molar-refractivity contribution in [3.8, 4) is 0 Å². The van der Waals surface area contributed by atoms with Crippen molar-refractivity contribution in [1.82, 2.24) is 0 Å². The smallest absolute Gasteiger partial charge is 0.157 e. The molecule has 2 fully saturated rings. The third kappa shape index (κ3) is 1.77. The van der Waals surface area contributed by atoms with Crippen LogP contribution in [0, 0.1) is 5.92 Å². The van der Waals surface area contributed by atoms with Crippen molar-refractivity contribution in [1.29, 1.82) is 0 Å². The first-order chi connectivity index (χ1) is 7.34. The predicted octanol–water partition coefficient (Wildman–Crippen LogP) is -1.01. The second-order valence-corrected chi connectivity index (χ2v) is 7.64. The van der Waals surface area contributed by atoms with Gasteiger partial charge in [-0.2, -0.15) is 0 Å². The van der Waals surface area contributed by atoms with E-state index in [4.69, 9.17) is 11.5 Å². The van der Waals surface area contributed by atoms with E-state index in [1.54, 1.807) is 6.92 Å². The molecule has 1 saturated heterocycles. The van der Waals surface area contributed by atoms with E-state index in [0.717, 1.165) is 0 Å². The van der Waals surface area contributed by atoms with E-state index in [-0.39, 0.29) is 12.0 Å². The molecule has 1 aliphatic heterocycles. The summed E-state index contributed by atoms with van der Waals surface area (Å²) in [6, 6.07) is -0.546. The summed E-state index contributed by atoms with van der Waals surface area (Å²) >= 11 is 0. The van der Waals surface area contributed by atoms with Crippen molar-refractivity contribution >= 4 is 9.84 Å². The first-order valence-corrected chi connectivity index (χ1v) is 7.37. The molecule has 0 spiro atoms. The maximum absolute atomic E-state index is 12.2. The Kier molecular flexibility index (Phi) is 3.03. The molecule has 2 rings (SSSR count). The lowest BCUT2D eigenvalue weighted by atomic mass is 9.97. The molecule has 0 aromatic carbocycles. The van der Waals surface area contributed by atoms with E-state index in [2.05, 4.69) is 0 Å². The second-order valence-electron chi connectivity index (χ2n) is 5.26.